The Balaban J connectivity index is 2.27. The Morgan fingerprint density at radius 2 is 1.80 bits per heavy atom. The van der Waals surface area contributed by atoms with Gasteiger partial charge in [-0.3, -0.25) is 0 Å². The molecule has 0 bridgehead atoms. The highest BCUT2D eigenvalue weighted by Gasteiger charge is 2.25. The monoisotopic (exact) mass is 286 g/mol. The Hall–Kier alpha value is -1.74. The summed E-state index contributed by atoms with van der Waals surface area (Å²) in [6.07, 6.45) is 0. The number of ether oxygens (including phenoxy) is 1. The summed E-state index contributed by atoms with van der Waals surface area (Å²) in [4.78, 5) is 12.1. The molecule has 0 radical (unpaired) electrons. The molecule has 3 heteroatoms. The van der Waals surface area contributed by atoms with Crippen LogP contribution in [-0.2, 0) is 9.53 Å². The maximum atomic E-state index is 11.7. The number of benzene rings is 2. The number of thioether (sulfide) groups is 1. The minimum absolute atomic E-state index is 0.359. The van der Waals surface area contributed by atoms with Gasteiger partial charge in [0.1, 0.15) is 0 Å². The van der Waals surface area contributed by atoms with Crippen molar-refractivity contribution in [2.75, 3.05) is 0 Å². The highest BCUT2D eigenvalue weighted by Crippen LogP contribution is 2.37. The number of esters is 1. The SMILES string of the molecule is C=C(C)C(=O)OC(C)(C)Sc1cccc2ccccc12. The Morgan fingerprint density at radius 1 is 1.15 bits per heavy atom. The predicted octanol–water partition coefficient (Wildman–Crippen LogP) is 4.79. The third kappa shape index (κ3) is 3.42. The summed E-state index contributed by atoms with van der Waals surface area (Å²) in [6.45, 7) is 9.04. The van der Waals surface area contributed by atoms with E-state index in [9.17, 15) is 4.79 Å². The van der Waals surface area contributed by atoms with Gasteiger partial charge in [0, 0.05) is 10.5 Å². The molecule has 0 unspecified atom stereocenters. The van der Waals surface area contributed by atoms with E-state index in [0.29, 0.717) is 5.57 Å². The predicted molar refractivity (Wildman–Crippen MR) is 84.8 cm³/mol. The molecule has 0 fully saturated rings. The van der Waals surface area contributed by atoms with E-state index in [4.69, 9.17) is 4.74 Å². The molecule has 0 saturated carbocycles. The lowest BCUT2D eigenvalue weighted by molar-refractivity contribution is -0.144. The van der Waals surface area contributed by atoms with Gasteiger partial charge in [-0.15, -0.1) is 0 Å². The molecule has 0 aliphatic rings. The van der Waals surface area contributed by atoms with Crippen molar-refractivity contribution in [2.24, 2.45) is 0 Å². The molecule has 0 amide bonds. The number of hydrogen-bond acceptors (Lipinski definition) is 3. The van der Waals surface area contributed by atoms with E-state index in [1.165, 1.54) is 22.5 Å². The first-order chi connectivity index (χ1) is 9.39. The first-order valence-electron chi connectivity index (χ1n) is 6.45. The Morgan fingerprint density at radius 3 is 2.50 bits per heavy atom. The zero-order chi connectivity index (χ0) is 14.8. The van der Waals surface area contributed by atoms with Crippen LogP contribution in [0, 0.1) is 0 Å². The summed E-state index contributed by atoms with van der Waals surface area (Å²) >= 11 is 1.54. The van der Waals surface area contributed by atoms with E-state index in [2.05, 4.69) is 24.8 Å². The molecule has 0 aliphatic carbocycles. The second kappa shape index (κ2) is 5.71. The summed E-state index contributed by atoms with van der Waals surface area (Å²) in [5, 5.41) is 2.35. The average molecular weight is 286 g/mol. The van der Waals surface area contributed by atoms with Crippen molar-refractivity contribution in [1.29, 1.82) is 0 Å². The number of fused-ring (bicyclic) bond motifs is 1. The molecule has 0 saturated heterocycles. The lowest BCUT2D eigenvalue weighted by atomic mass is 10.1. The van der Waals surface area contributed by atoms with Crippen LogP contribution in [0.2, 0.25) is 0 Å². The summed E-state index contributed by atoms with van der Waals surface area (Å²) in [5.74, 6) is -0.359. The van der Waals surface area contributed by atoms with Crippen LogP contribution in [0.1, 0.15) is 20.8 Å². The van der Waals surface area contributed by atoms with E-state index in [1.807, 2.05) is 38.1 Å². The van der Waals surface area contributed by atoms with Gasteiger partial charge in [0.05, 0.1) is 0 Å². The van der Waals surface area contributed by atoms with Gasteiger partial charge < -0.3 is 4.74 Å². The number of hydrogen-bond donors (Lipinski definition) is 0. The van der Waals surface area contributed by atoms with E-state index < -0.39 is 4.93 Å². The summed E-state index contributed by atoms with van der Waals surface area (Å²) in [6, 6.07) is 14.3. The number of carbonyl (C=O) groups is 1. The lowest BCUT2D eigenvalue weighted by Crippen LogP contribution is -2.24. The molecule has 2 aromatic carbocycles. The quantitative estimate of drug-likeness (QED) is 0.350. The van der Waals surface area contributed by atoms with Crippen molar-refractivity contribution in [3.63, 3.8) is 0 Å². The minimum atomic E-state index is -0.639. The van der Waals surface area contributed by atoms with Crippen LogP contribution in [0.5, 0.6) is 0 Å². The fourth-order valence-corrected chi connectivity index (χ4v) is 2.97. The molecule has 0 aromatic heterocycles. The summed E-state index contributed by atoms with van der Waals surface area (Å²) in [7, 11) is 0. The molecule has 0 spiro atoms. The average Bonchev–Trinajstić information content (AvgIpc) is 2.38. The van der Waals surface area contributed by atoms with Crippen LogP contribution < -0.4 is 0 Å². The molecule has 104 valence electrons. The summed E-state index contributed by atoms with van der Waals surface area (Å²) < 4.78 is 5.48. The van der Waals surface area contributed by atoms with Gasteiger partial charge in [-0.2, -0.15) is 0 Å². The highest BCUT2D eigenvalue weighted by atomic mass is 32.2. The molecule has 0 N–H and O–H groups in total. The molecule has 2 rings (SSSR count). The Bertz CT molecular complexity index is 654. The van der Waals surface area contributed by atoms with Crippen LogP contribution in [0.4, 0.5) is 0 Å². The first-order valence-corrected chi connectivity index (χ1v) is 7.26. The largest absolute Gasteiger partial charge is 0.445 e. The van der Waals surface area contributed by atoms with Crippen LogP contribution in [-0.4, -0.2) is 10.9 Å². The van der Waals surface area contributed by atoms with Crippen LogP contribution >= 0.6 is 11.8 Å². The standard InChI is InChI=1S/C17H18O2S/c1-12(2)16(18)19-17(3,4)20-15-11-7-9-13-8-5-6-10-14(13)15/h5-11H,1H2,2-4H3. The van der Waals surface area contributed by atoms with Crippen molar-refractivity contribution in [3.05, 3.63) is 54.6 Å². The fraction of sp³-hybridized carbons (Fsp3) is 0.235. The van der Waals surface area contributed by atoms with Crippen LogP contribution in [0.3, 0.4) is 0 Å². The van der Waals surface area contributed by atoms with E-state index in [1.54, 1.807) is 6.92 Å². The maximum Gasteiger partial charge on any atom is 0.334 e. The van der Waals surface area contributed by atoms with Crippen molar-refractivity contribution < 1.29 is 9.53 Å². The molecule has 2 aromatic rings. The van der Waals surface area contributed by atoms with Crippen LogP contribution in [0.15, 0.2) is 59.5 Å². The fourth-order valence-electron chi connectivity index (χ4n) is 1.88. The normalized spacial score (nSPS) is 11.3. The Labute approximate surface area is 123 Å². The van der Waals surface area contributed by atoms with Crippen molar-refractivity contribution >= 4 is 28.5 Å². The highest BCUT2D eigenvalue weighted by molar-refractivity contribution is 8.00. The zero-order valence-electron chi connectivity index (χ0n) is 12.0. The van der Waals surface area contributed by atoms with E-state index in [-0.39, 0.29) is 5.97 Å². The second-order valence-corrected chi connectivity index (χ2v) is 6.78. The minimum Gasteiger partial charge on any atom is -0.445 e. The third-order valence-corrected chi connectivity index (χ3v) is 3.94. The number of rotatable bonds is 4. The number of carbonyl (C=O) groups excluding carboxylic acids is 1. The second-order valence-electron chi connectivity index (χ2n) is 5.15. The van der Waals surface area contributed by atoms with Crippen molar-refractivity contribution in [3.8, 4) is 0 Å². The Kier molecular flexibility index (Phi) is 4.19. The topological polar surface area (TPSA) is 26.3 Å². The summed E-state index contributed by atoms with van der Waals surface area (Å²) in [5.41, 5.74) is 0.414. The zero-order valence-corrected chi connectivity index (χ0v) is 12.8. The van der Waals surface area contributed by atoms with Gasteiger partial charge in [-0.25, -0.2) is 4.79 Å². The molecule has 20 heavy (non-hydrogen) atoms. The smallest absolute Gasteiger partial charge is 0.334 e. The van der Waals surface area contributed by atoms with Gasteiger partial charge in [0.15, 0.2) is 4.93 Å². The van der Waals surface area contributed by atoms with Gasteiger partial charge in [-0.05, 0) is 37.6 Å². The van der Waals surface area contributed by atoms with Crippen molar-refractivity contribution in [2.45, 2.75) is 30.6 Å². The lowest BCUT2D eigenvalue weighted by Gasteiger charge is -2.25. The molecule has 0 atom stereocenters. The third-order valence-electron chi connectivity index (χ3n) is 2.79. The van der Waals surface area contributed by atoms with Gasteiger partial charge in [-0.1, -0.05) is 54.7 Å². The van der Waals surface area contributed by atoms with Crippen LogP contribution in [0.25, 0.3) is 10.8 Å². The molecular formula is C17H18O2S. The van der Waals surface area contributed by atoms with Crippen molar-refractivity contribution in [1.82, 2.24) is 0 Å². The molecule has 0 heterocycles. The first kappa shape index (κ1) is 14.7. The van der Waals surface area contributed by atoms with Gasteiger partial charge in [0.2, 0.25) is 0 Å². The molecule has 0 aliphatic heterocycles. The molecule has 2 nitrogen and oxygen atoms in total. The van der Waals surface area contributed by atoms with E-state index in [0.717, 1.165) is 4.90 Å². The maximum absolute atomic E-state index is 11.7. The molecular weight excluding hydrogens is 268 g/mol. The van der Waals surface area contributed by atoms with Gasteiger partial charge in [0.25, 0.3) is 0 Å². The van der Waals surface area contributed by atoms with E-state index >= 15 is 0 Å². The van der Waals surface area contributed by atoms with Gasteiger partial charge >= 0.3 is 5.97 Å².